The van der Waals surface area contributed by atoms with Gasteiger partial charge in [-0.05, 0) is 30.2 Å². The maximum atomic E-state index is 10.7. The van der Waals surface area contributed by atoms with Crippen molar-refractivity contribution >= 4 is 17.0 Å². The van der Waals surface area contributed by atoms with Crippen LogP contribution in [0.2, 0.25) is 0 Å². The number of pyridine rings is 1. The fourth-order valence-electron chi connectivity index (χ4n) is 2.46. The SMILES string of the molecule is CC(C)C(Nc1ccc([N+](=O)[O-])cc1)c1nnc2ccccn12. The van der Waals surface area contributed by atoms with Gasteiger partial charge in [0, 0.05) is 24.0 Å². The quantitative estimate of drug-likeness (QED) is 0.576. The van der Waals surface area contributed by atoms with E-state index < -0.39 is 4.92 Å². The van der Waals surface area contributed by atoms with Gasteiger partial charge in [-0.1, -0.05) is 19.9 Å². The van der Waals surface area contributed by atoms with E-state index in [2.05, 4.69) is 29.4 Å². The molecule has 1 unspecified atom stereocenters. The standard InChI is InChI=1S/C16H17N5O2/c1-11(2)15(16-19-18-14-5-3-4-10-20(14)16)17-12-6-8-13(9-7-12)21(22)23/h3-11,15,17H,1-2H3. The lowest BCUT2D eigenvalue weighted by atomic mass is 10.0. The van der Waals surface area contributed by atoms with Crippen LogP contribution in [0, 0.1) is 16.0 Å². The van der Waals surface area contributed by atoms with E-state index in [4.69, 9.17) is 0 Å². The summed E-state index contributed by atoms with van der Waals surface area (Å²) in [5.41, 5.74) is 1.67. The molecule has 7 nitrogen and oxygen atoms in total. The summed E-state index contributed by atoms with van der Waals surface area (Å²) in [6.07, 6.45) is 1.93. The van der Waals surface area contributed by atoms with Gasteiger partial charge < -0.3 is 5.32 Å². The maximum Gasteiger partial charge on any atom is 0.269 e. The summed E-state index contributed by atoms with van der Waals surface area (Å²) in [4.78, 5) is 10.3. The third-order valence-corrected chi connectivity index (χ3v) is 3.69. The van der Waals surface area contributed by atoms with Gasteiger partial charge in [0.2, 0.25) is 0 Å². The van der Waals surface area contributed by atoms with Crippen LogP contribution in [-0.4, -0.2) is 19.5 Å². The molecule has 0 saturated heterocycles. The largest absolute Gasteiger partial charge is 0.375 e. The first-order chi connectivity index (χ1) is 11.1. The summed E-state index contributed by atoms with van der Waals surface area (Å²) < 4.78 is 1.95. The second kappa shape index (κ2) is 6.04. The van der Waals surface area contributed by atoms with Gasteiger partial charge in [-0.3, -0.25) is 14.5 Å². The Kier molecular flexibility index (Phi) is 3.92. The molecular weight excluding hydrogens is 294 g/mol. The molecule has 118 valence electrons. The topological polar surface area (TPSA) is 85.4 Å². The maximum absolute atomic E-state index is 10.7. The van der Waals surface area contributed by atoms with E-state index in [0.29, 0.717) is 0 Å². The lowest BCUT2D eigenvalue weighted by molar-refractivity contribution is -0.384. The fraction of sp³-hybridized carbons (Fsp3) is 0.250. The average Bonchev–Trinajstić information content (AvgIpc) is 2.96. The molecule has 0 spiro atoms. The van der Waals surface area contributed by atoms with Crippen molar-refractivity contribution in [2.45, 2.75) is 19.9 Å². The van der Waals surface area contributed by atoms with Crippen LogP contribution in [0.15, 0.2) is 48.7 Å². The number of rotatable bonds is 5. The molecule has 3 rings (SSSR count). The zero-order valence-corrected chi connectivity index (χ0v) is 12.9. The van der Waals surface area contributed by atoms with Gasteiger partial charge in [-0.25, -0.2) is 0 Å². The number of hydrogen-bond donors (Lipinski definition) is 1. The summed E-state index contributed by atoms with van der Waals surface area (Å²) in [5, 5.41) is 22.6. The highest BCUT2D eigenvalue weighted by Gasteiger charge is 2.21. The monoisotopic (exact) mass is 311 g/mol. The van der Waals surface area contributed by atoms with Crippen LogP contribution in [-0.2, 0) is 0 Å². The Hall–Kier alpha value is -2.96. The minimum atomic E-state index is -0.407. The van der Waals surface area contributed by atoms with Crippen molar-refractivity contribution in [1.82, 2.24) is 14.6 Å². The predicted molar refractivity (Wildman–Crippen MR) is 87.3 cm³/mol. The lowest BCUT2D eigenvalue weighted by Gasteiger charge is -2.22. The first kappa shape index (κ1) is 15.0. The number of benzene rings is 1. The van der Waals surface area contributed by atoms with E-state index >= 15 is 0 Å². The van der Waals surface area contributed by atoms with Crippen LogP contribution >= 0.6 is 0 Å². The van der Waals surface area contributed by atoms with Crippen LogP contribution in [0.1, 0.15) is 25.7 Å². The van der Waals surface area contributed by atoms with Crippen LogP contribution in [0.3, 0.4) is 0 Å². The van der Waals surface area contributed by atoms with Crippen molar-refractivity contribution in [3.63, 3.8) is 0 Å². The van der Waals surface area contributed by atoms with E-state index in [9.17, 15) is 10.1 Å². The van der Waals surface area contributed by atoms with Gasteiger partial charge in [0.15, 0.2) is 11.5 Å². The fourth-order valence-corrected chi connectivity index (χ4v) is 2.46. The van der Waals surface area contributed by atoms with Crippen molar-refractivity contribution in [1.29, 1.82) is 0 Å². The summed E-state index contributed by atoms with van der Waals surface area (Å²) >= 11 is 0. The molecule has 7 heteroatoms. The van der Waals surface area contributed by atoms with Gasteiger partial charge in [-0.2, -0.15) is 0 Å². The number of nitro benzene ring substituents is 1. The molecule has 0 radical (unpaired) electrons. The van der Waals surface area contributed by atoms with E-state index in [1.165, 1.54) is 12.1 Å². The highest BCUT2D eigenvalue weighted by Crippen LogP contribution is 2.26. The summed E-state index contributed by atoms with van der Waals surface area (Å²) in [5.74, 6) is 1.08. The van der Waals surface area contributed by atoms with Crippen LogP contribution in [0.5, 0.6) is 0 Å². The number of hydrogen-bond acceptors (Lipinski definition) is 5. The molecule has 3 aromatic rings. The summed E-state index contributed by atoms with van der Waals surface area (Å²) in [6.45, 7) is 4.18. The van der Waals surface area contributed by atoms with E-state index in [-0.39, 0.29) is 17.6 Å². The van der Waals surface area contributed by atoms with Crippen LogP contribution in [0.4, 0.5) is 11.4 Å². The van der Waals surface area contributed by atoms with E-state index in [1.54, 1.807) is 12.1 Å². The smallest absolute Gasteiger partial charge is 0.269 e. The van der Waals surface area contributed by atoms with Gasteiger partial charge in [0.1, 0.15) is 0 Å². The molecule has 1 atom stereocenters. The Labute approximate surface area is 133 Å². The number of nitrogens with zero attached hydrogens (tertiary/aromatic N) is 4. The highest BCUT2D eigenvalue weighted by atomic mass is 16.6. The molecule has 0 fully saturated rings. The molecule has 0 aliphatic heterocycles. The van der Waals surface area contributed by atoms with Crippen LogP contribution in [0.25, 0.3) is 5.65 Å². The van der Waals surface area contributed by atoms with Crippen molar-refractivity contribution < 1.29 is 4.92 Å². The molecule has 0 bridgehead atoms. The molecule has 1 N–H and O–H groups in total. The zero-order chi connectivity index (χ0) is 16.4. The molecule has 2 aromatic heterocycles. The Bertz CT molecular complexity index is 826. The van der Waals surface area contributed by atoms with Crippen molar-refractivity contribution in [3.05, 3.63) is 64.6 Å². The van der Waals surface area contributed by atoms with Crippen molar-refractivity contribution in [2.24, 2.45) is 5.92 Å². The van der Waals surface area contributed by atoms with Gasteiger partial charge in [-0.15, -0.1) is 10.2 Å². The number of nitrogens with one attached hydrogen (secondary N) is 1. The summed E-state index contributed by atoms with van der Waals surface area (Å²) in [7, 11) is 0. The second-order valence-electron chi connectivity index (χ2n) is 5.66. The molecular formula is C16H17N5O2. The number of aromatic nitrogens is 3. The third-order valence-electron chi connectivity index (χ3n) is 3.69. The van der Waals surface area contributed by atoms with Crippen LogP contribution < -0.4 is 5.32 Å². The normalized spacial score (nSPS) is 12.5. The molecule has 23 heavy (non-hydrogen) atoms. The molecule has 0 aliphatic carbocycles. The molecule has 0 saturated carbocycles. The predicted octanol–water partition coefficient (Wildman–Crippen LogP) is 3.45. The first-order valence-electron chi connectivity index (χ1n) is 7.37. The number of anilines is 1. The number of non-ortho nitro benzene ring substituents is 1. The molecule has 0 amide bonds. The second-order valence-corrected chi connectivity index (χ2v) is 5.66. The summed E-state index contributed by atoms with van der Waals surface area (Å²) in [6, 6.07) is 12.1. The molecule has 0 aliphatic rings. The van der Waals surface area contributed by atoms with Crippen molar-refractivity contribution in [3.8, 4) is 0 Å². The number of nitro groups is 1. The Morgan fingerprint density at radius 2 is 1.87 bits per heavy atom. The van der Waals surface area contributed by atoms with Gasteiger partial charge in [0.25, 0.3) is 5.69 Å². The first-order valence-corrected chi connectivity index (χ1v) is 7.37. The number of fused-ring (bicyclic) bond motifs is 1. The zero-order valence-electron chi connectivity index (χ0n) is 12.9. The van der Waals surface area contributed by atoms with Crippen molar-refractivity contribution in [2.75, 3.05) is 5.32 Å². The minimum absolute atomic E-state index is 0.0612. The van der Waals surface area contributed by atoms with E-state index in [1.807, 2.05) is 28.8 Å². The Morgan fingerprint density at radius 1 is 1.13 bits per heavy atom. The Morgan fingerprint density at radius 3 is 2.52 bits per heavy atom. The average molecular weight is 311 g/mol. The molecule has 1 aromatic carbocycles. The minimum Gasteiger partial charge on any atom is -0.375 e. The molecule has 2 heterocycles. The van der Waals surface area contributed by atoms with Gasteiger partial charge >= 0.3 is 0 Å². The highest BCUT2D eigenvalue weighted by molar-refractivity contribution is 5.50. The van der Waals surface area contributed by atoms with E-state index in [0.717, 1.165) is 17.2 Å². The lowest BCUT2D eigenvalue weighted by Crippen LogP contribution is -2.19. The Balaban J connectivity index is 1.92. The van der Waals surface area contributed by atoms with Gasteiger partial charge in [0.05, 0.1) is 11.0 Å². The third kappa shape index (κ3) is 2.98.